The highest BCUT2D eigenvalue weighted by molar-refractivity contribution is 6.06. The maximum Gasteiger partial charge on any atom is 0.339 e. The molecule has 0 saturated heterocycles. The van der Waals surface area contributed by atoms with Gasteiger partial charge in [-0.05, 0) is 41.6 Å². The van der Waals surface area contributed by atoms with E-state index in [9.17, 15) is 14.0 Å². The largest absolute Gasteiger partial charge is 0.496 e. The van der Waals surface area contributed by atoms with Crippen molar-refractivity contribution in [2.45, 2.75) is 6.42 Å². The van der Waals surface area contributed by atoms with E-state index in [-0.39, 0.29) is 12.4 Å². The SMILES string of the molecule is COc1ccc(C(=O)OCC(=O)NCCc2ccc(F)cc2)c2ccccc12. The lowest BCUT2D eigenvalue weighted by molar-refractivity contribution is -0.124. The van der Waals surface area contributed by atoms with Gasteiger partial charge in [0.1, 0.15) is 11.6 Å². The molecule has 3 aromatic carbocycles. The molecule has 0 aromatic heterocycles. The monoisotopic (exact) mass is 381 g/mol. The highest BCUT2D eigenvalue weighted by Gasteiger charge is 2.15. The van der Waals surface area contributed by atoms with Gasteiger partial charge in [0.2, 0.25) is 0 Å². The second-order valence-electron chi connectivity index (χ2n) is 6.16. The number of ether oxygens (including phenoxy) is 2. The van der Waals surface area contributed by atoms with Crippen molar-refractivity contribution in [2.24, 2.45) is 0 Å². The van der Waals surface area contributed by atoms with Crippen molar-refractivity contribution in [3.63, 3.8) is 0 Å². The molecule has 0 atom stereocenters. The van der Waals surface area contributed by atoms with Crippen LogP contribution >= 0.6 is 0 Å². The number of halogens is 1. The summed E-state index contributed by atoms with van der Waals surface area (Å²) in [4.78, 5) is 24.3. The Morgan fingerprint density at radius 3 is 2.39 bits per heavy atom. The van der Waals surface area contributed by atoms with Gasteiger partial charge in [0, 0.05) is 11.9 Å². The predicted octanol–water partition coefficient (Wildman–Crippen LogP) is 3.50. The van der Waals surface area contributed by atoms with Crippen LogP contribution in [0.15, 0.2) is 60.7 Å². The first kappa shape index (κ1) is 19.4. The van der Waals surface area contributed by atoms with Gasteiger partial charge in [-0.25, -0.2) is 9.18 Å². The zero-order valence-corrected chi connectivity index (χ0v) is 15.4. The molecule has 0 spiro atoms. The fourth-order valence-corrected chi connectivity index (χ4v) is 2.88. The number of rotatable bonds is 7. The summed E-state index contributed by atoms with van der Waals surface area (Å²) in [5.41, 5.74) is 1.28. The third-order valence-corrected chi connectivity index (χ3v) is 4.31. The van der Waals surface area contributed by atoms with Crippen molar-refractivity contribution in [1.29, 1.82) is 0 Å². The van der Waals surface area contributed by atoms with Crippen LogP contribution in [0.5, 0.6) is 5.75 Å². The Balaban J connectivity index is 1.54. The number of methoxy groups -OCH3 is 1. The van der Waals surface area contributed by atoms with Gasteiger partial charge >= 0.3 is 5.97 Å². The standard InChI is InChI=1S/C22H20FNO4/c1-27-20-11-10-19(17-4-2-3-5-18(17)20)22(26)28-14-21(25)24-13-12-15-6-8-16(23)9-7-15/h2-11H,12-14H2,1H3,(H,24,25). The third-order valence-electron chi connectivity index (χ3n) is 4.31. The van der Waals surface area contributed by atoms with E-state index in [0.717, 1.165) is 10.9 Å². The molecule has 0 aliphatic rings. The number of amides is 1. The summed E-state index contributed by atoms with van der Waals surface area (Å²) in [5.74, 6) is -0.614. The van der Waals surface area contributed by atoms with Crippen molar-refractivity contribution in [2.75, 3.05) is 20.3 Å². The molecule has 0 radical (unpaired) electrons. The van der Waals surface area contributed by atoms with Gasteiger partial charge in [-0.1, -0.05) is 36.4 Å². The predicted molar refractivity (Wildman–Crippen MR) is 104 cm³/mol. The average Bonchev–Trinajstić information content (AvgIpc) is 2.72. The second-order valence-corrected chi connectivity index (χ2v) is 6.16. The highest BCUT2D eigenvalue weighted by atomic mass is 19.1. The smallest absolute Gasteiger partial charge is 0.339 e. The van der Waals surface area contributed by atoms with E-state index in [1.807, 2.05) is 18.2 Å². The van der Waals surface area contributed by atoms with E-state index in [2.05, 4.69) is 5.32 Å². The topological polar surface area (TPSA) is 64.6 Å². The molecule has 0 heterocycles. The van der Waals surface area contributed by atoms with E-state index >= 15 is 0 Å². The first-order valence-corrected chi connectivity index (χ1v) is 8.82. The first-order valence-electron chi connectivity index (χ1n) is 8.82. The van der Waals surface area contributed by atoms with Crippen LogP contribution < -0.4 is 10.1 Å². The number of hydrogen-bond donors (Lipinski definition) is 1. The van der Waals surface area contributed by atoms with Crippen LogP contribution in [0.2, 0.25) is 0 Å². The van der Waals surface area contributed by atoms with Gasteiger partial charge in [0.25, 0.3) is 5.91 Å². The molecule has 0 aliphatic carbocycles. The van der Waals surface area contributed by atoms with Crippen LogP contribution in [-0.2, 0) is 16.0 Å². The number of esters is 1. The molecule has 0 bridgehead atoms. The second kappa shape index (κ2) is 8.99. The summed E-state index contributed by atoms with van der Waals surface area (Å²) >= 11 is 0. The minimum Gasteiger partial charge on any atom is -0.496 e. The van der Waals surface area contributed by atoms with Crippen LogP contribution in [0.25, 0.3) is 10.8 Å². The van der Waals surface area contributed by atoms with Gasteiger partial charge in [0.15, 0.2) is 6.61 Å². The van der Waals surface area contributed by atoms with E-state index < -0.39 is 11.9 Å². The van der Waals surface area contributed by atoms with Crippen LogP contribution in [-0.4, -0.2) is 32.1 Å². The summed E-state index contributed by atoms with van der Waals surface area (Å²) < 4.78 is 23.3. The molecule has 144 valence electrons. The molecular weight excluding hydrogens is 361 g/mol. The molecule has 28 heavy (non-hydrogen) atoms. The molecule has 1 amide bonds. The maximum atomic E-state index is 12.9. The van der Waals surface area contributed by atoms with Gasteiger partial charge in [-0.2, -0.15) is 0 Å². The molecule has 3 aromatic rings. The van der Waals surface area contributed by atoms with E-state index in [1.165, 1.54) is 12.1 Å². The lowest BCUT2D eigenvalue weighted by Gasteiger charge is -2.10. The van der Waals surface area contributed by atoms with Gasteiger partial charge in [0.05, 0.1) is 12.7 Å². The Morgan fingerprint density at radius 2 is 1.68 bits per heavy atom. The van der Waals surface area contributed by atoms with Crippen LogP contribution in [0.1, 0.15) is 15.9 Å². The molecule has 5 nitrogen and oxygen atoms in total. The molecule has 1 N–H and O–H groups in total. The van der Waals surface area contributed by atoms with Crippen molar-refractivity contribution < 1.29 is 23.5 Å². The lowest BCUT2D eigenvalue weighted by atomic mass is 10.0. The van der Waals surface area contributed by atoms with E-state index in [1.54, 1.807) is 37.4 Å². The number of nitrogens with one attached hydrogen (secondary N) is 1. The Bertz CT molecular complexity index is 985. The molecule has 0 unspecified atom stereocenters. The molecule has 3 rings (SSSR count). The Labute approximate surface area is 162 Å². The normalized spacial score (nSPS) is 10.5. The number of fused-ring (bicyclic) bond motifs is 1. The molecule has 0 fully saturated rings. The Kier molecular flexibility index (Phi) is 6.22. The summed E-state index contributed by atoms with van der Waals surface area (Å²) in [6.45, 7) is -0.00388. The van der Waals surface area contributed by atoms with Crippen LogP contribution in [0.4, 0.5) is 4.39 Å². The number of carbonyl (C=O) groups is 2. The van der Waals surface area contributed by atoms with E-state index in [4.69, 9.17) is 9.47 Å². The van der Waals surface area contributed by atoms with Gasteiger partial charge in [-0.15, -0.1) is 0 Å². The summed E-state index contributed by atoms with van der Waals surface area (Å²) in [5, 5.41) is 4.17. The number of carbonyl (C=O) groups excluding carboxylic acids is 2. The Morgan fingerprint density at radius 1 is 0.964 bits per heavy atom. The Hall–Kier alpha value is -3.41. The zero-order valence-electron chi connectivity index (χ0n) is 15.4. The number of benzene rings is 3. The summed E-state index contributed by atoms with van der Waals surface area (Å²) in [6, 6.07) is 16.7. The summed E-state index contributed by atoms with van der Waals surface area (Å²) in [7, 11) is 1.57. The minimum atomic E-state index is -0.576. The minimum absolute atomic E-state index is 0.300. The molecule has 0 aliphatic heterocycles. The average molecular weight is 381 g/mol. The zero-order chi connectivity index (χ0) is 19.9. The van der Waals surface area contributed by atoms with Gasteiger partial charge in [-0.3, -0.25) is 4.79 Å². The number of hydrogen-bond acceptors (Lipinski definition) is 4. The fraction of sp³-hybridized carbons (Fsp3) is 0.182. The maximum absolute atomic E-state index is 12.9. The molecular formula is C22H20FNO4. The fourth-order valence-electron chi connectivity index (χ4n) is 2.88. The summed E-state index contributed by atoms with van der Waals surface area (Å²) in [6.07, 6.45) is 0.559. The van der Waals surface area contributed by atoms with Crippen molar-refractivity contribution in [3.05, 3.63) is 77.6 Å². The third kappa shape index (κ3) is 4.65. The van der Waals surface area contributed by atoms with E-state index in [0.29, 0.717) is 29.7 Å². The van der Waals surface area contributed by atoms with Crippen LogP contribution in [0.3, 0.4) is 0 Å². The van der Waals surface area contributed by atoms with Crippen LogP contribution in [0, 0.1) is 5.82 Å². The van der Waals surface area contributed by atoms with Gasteiger partial charge < -0.3 is 14.8 Å². The molecule has 6 heteroatoms. The molecule has 0 saturated carbocycles. The lowest BCUT2D eigenvalue weighted by Crippen LogP contribution is -2.30. The first-order chi connectivity index (χ1) is 13.6. The highest BCUT2D eigenvalue weighted by Crippen LogP contribution is 2.28. The van der Waals surface area contributed by atoms with Crippen molar-refractivity contribution in [3.8, 4) is 5.75 Å². The van der Waals surface area contributed by atoms with Crippen molar-refractivity contribution in [1.82, 2.24) is 5.32 Å². The van der Waals surface area contributed by atoms with Crippen molar-refractivity contribution >= 4 is 22.6 Å². The quantitative estimate of drug-likeness (QED) is 0.636.